The van der Waals surface area contributed by atoms with Crippen molar-refractivity contribution in [2.75, 3.05) is 39.8 Å². The molecule has 1 amide bonds. The zero-order valence-electron chi connectivity index (χ0n) is 22.8. The molecule has 37 heavy (non-hydrogen) atoms. The highest BCUT2D eigenvalue weighted by atomic mass is 19.1. The van der Waals surface area contributed by atoms with E-state index in [-0.39, 0.29) is 5.82 Å². The highest BCUT2D eigenvalue weighted by Gasteiger charge is 2.25. The topological polar surface area (TPSA) is 56.2 Å². The van der Waals surface area contributed by atoms with Gasteiger partial charge in [-0.3, -0.25) is 4.90 Å². The number of aliphatic hydroxyl groups is 1. The molecule has 7 heteroatoms. The summed E-state index contributed by atoms with van der Waals surface area (Å²) in [6.45, 7) is 14.6. The van der Waals surface area contributed by atoms with Crippen molar-refractivity contribution in [3.8, 4) is 11.1 Å². The molecule has 2 aromatic carbocycles. The van der Waals surface area contributed by atoms with Crippen molar-refractivity contribution in [1.29, 1.82) is 0 Å². The summed E-state index contributed by atoms with van der Waals surface area (Å²) in [6.07, 6.45) is 1.60. The van der Waals surface area contributed by atoms with Crippen LogP contribution in [0.1, 0.15) is 44.7 Å². The van der Waals surface area contributed by atoms with E-state index in [4.69, 9.17) is 4.74 Å². The number of carbonyl (C=O) groups excluding carboxylic acids is 1. The van der Waals surface area contributed by atoms with Gasteiger partial charge in [-0.05, 0) is 75.0 Å². The number of halogens is 1. The molecule has 6 nitrogen and oxygen atoms in total. The molecule has 1 N–H and O–H groups in total. The molecule has 1 fully saturated rings. The Bertz CT molecular complexity index is 1030. The minimum Gasteiger partial charge on any atom is -0.444 e. The van der Waals surface area contributed by atoms with E-state index in [1.54, 1.807) is 23.1 Å². The fourth-order valence-electron chi connectivity index (χ4n) is 4.48. The zero-order chi connectivity index (χ0) is 27.0. The lowest BCUT2D eigenvalue weighted by atomic mass is 9.94. The number of hydrogen-bond donors (Lipinski definition) is 1. The Labute approximate surface area is 221 Å². The average molecular weight is 512 g/mol. The predicted octanol–water partition coefficient (Wildman–Crippen LogP) is 5.30. The van der Waals surface area contributed by atoms with E-state index >= 15 is 0 Å². The number of piperazine rings is 1. The number of aliphatic hydroxyl groups excluding tert-OH is 1. The van der Waals surface area contributed by atoms with Crippen molar-refractivity contribution < 1.29 is 19.0 Å². The van der Waals surface area contributed by atoms with Gasteiger partial charge >= 0.3 is 6.09 Å². The van der Waals surface area contributed by atoms with Crippen LogP contribution in [0.5, 0.6) is 0 Å². The Morgan fingerprint density at radius 2 is 1.84 bits per heavy atom. The molecule has 0 spiro atoms. The summed E-state index contributed by atoms with van der Waals surface area (Å²) in [7, 11) is 2.13. The maximum absolute atomic E-state index is 13.7. The summed E-state index contributed by atoms with van der Waals surface area (Å²) >= 11 is 0. The fraction of sp³-hybridized carbons (Fsp3) is 0.500. The van der Waals surface area contributed by atoms with Crippen molar-refractivity contribution in [2.45, 2.75) is 58.4 Å². The van der Waals surface area contributed by atoms with E-state index in [9.17, 15) is 14.3 Å². The zero-order valence-corrected chi connectivity index (χ0v) is 22.8. The maximum atomic E-state index is 13.7. The Morgan fingerprint density at radius 1 is 1.16 bits per heavy atom. The molecule has 2 aromatic rings. The molecular weight excluding hydrogens is 469 g/mol. The molecule has 1 aliphatic heterocycles. The summed E-state index contributed by atoms with van der Waals surface area (Å²) in [5, 5.41) is 10.3. The van der Waals surface area contributed by atoms with Gasteiger partial charge in [-0.25, -0.2) is 9.18 Å². The summed E-state index contributed by atoms with van der Waals surface area (Å²) in [5.74, 6) is -0.269. The second-order valence-corrected chi connectivity index (χ2v) is 10.9. The highest BCUT2D eigenvalue weighted by molar-refractivity contribution is 5.71. The van der Waals surface area contributed by atoms with Crippen LogP contribution in [0.3, 0.4) is 0 Å². The monoisotopic (exact) mass is 511 g/mol. The van der Waals surface area contributed by atoms with E-state index in [0.717, 1.165) is 55.0 Å². The number of carbonyl (C=O) groups is 1. The van der Waals surface area contributed by atoms with Gasteiger partial charge in [0.05, 0.1) is 6.10 Å². The van der Waals surface area contributed by atoms with Crippen molar-refractivity contribution in [2.24, 2.45) is 0 Å². The van der Waals surface area contributed by atoms with Crippen LogP contribution in [0.25, 0.3) is 11.1 Å². The van der Waals surface area contributed by atoms with E-state index in [1.165, 1.54) is 12.1 Å². The van der Waals surface area contributed by atoms with Crippen LogP contribution in [0.4, 0.5) is 9.18 Å². The first-order chi connectivity index (χ1) is 17.6. The third-order valence-electron chi connectivity index (χ3n) is 6.59. The Kier molecular flexibility index (Phi) is 10.3. The largest absolute Gasteiger partial charge is 0.444 e. The van der Waals surface area contributed by atoms with Crippen molar-refractivity contribution >= 4 is 6.09 Å². The van der Waals surface area contributed by atoms with Crippen molar-refractivity contribution in [3.63, 3.8) is 0 Å². The standard InChI is InChI=1S/C30H42FN3O3/c1-6-8-26(35)15-16-34(29(36)37-30(2,3)4)21-24-9-7-10-27(23-11-13-25(31)14-12-23)28(24)22-33-19-17-32(5)18-20-33/h6-7,9-14,26,35H,1,8,15-22H2,2-5H3. The summed E-state index contributed by atoms with van der Waals surface area (Å²) in [6, 6.07) is 12.7. The molecule has 1 aliphatic rings. The van der Waals surface area contributed by atoms with Gasteiger partial charge in [0, 0.05) is 45.8 Å². The van der Waals surface area contributed by atoms with Gasteiger partial charge in [-0.15, -0.1) is 6.58 Å². The fourth-order valence-corrected chi connectivity index (χ4v) is 4.48. The first-order valence-corrected chi connectivity index (χ1v) is 13.1. The molecule has 0 aliphatic carbocycles. The molecule has 1 unspecified atom stereocenters. The third-order valence-corrected chi connectivity index (χ3v) is 6.59. The van der Waals surface area contributed by atoms with Crippen LogP contribution in [-0.4, -0.2) is 77.4 Å². The van der Waals surface area contributed by atoms with Gasteiger partial charge in [0.1, 0.15) is 11.4 Å². The number of nitrogens with zero attached hydrogens (tertiary/aromatic N) is 3. The molecule has 1 saturated heterocycles. The van der Waals surface area contributed by atoms with E-state index < -0.39 is 17.8 Å². The quantitative estimate of drug-likeness (QED) is 0.439. The molecule has 1 heterocycles. The normalized spacial score (nSPS) is 15.8. The van der Waals surface area contributed by atoms with Crippen molar-refractivity contribution in [3.05, 3.63) is 72.1 Å². The van der Waals surface area contributed by atoms with Gasteiger partial charge in [0.25, 0.3) is 0 Å². The maximum Gasteiger partial charge on any atom is 0.410 e. The van der Waals surface area contributed by atoms with E-state index in [1.807, 2.05) is 26.8 Å². The number of hydrogen-bond acceptors (Lipinski definition) is 5. The van der Waals surface area contributed by atoms with Crippen LogP contribution in [0.2, 0.25) is 0 Å². The van der Waals surface area contributed by atoms with E-state index in [0.29, 0.717) is 25.9 Å². The summed E-state index contributed by atoms with van der Waals surface area (Å²) in [4.78, 5) is 19.6. The summed E-state index contributed by atoms with van der Waals surface area (Å²) in [5.41, 5.74) is 3.49. The predicted molar refractivity (Wildman–Crippen MR) is 147 cm³/mol. The Morgan fingerprint density at radius 3 is 2.46 bits per heavy atom. The van der Waals surface area contributed by atoms with Crippen molar-refractivity contribution in [1.82, 2.24) is 14.7 Å². The molecule has 0 aromatic heterocycles. The van der Waals surface area contributed by atoms with Crippen LogP contribution >= 0.6 is 0 Å². The van der Waals surface area contributed by atoms with E-state index in [2.05, 4.69) is 35.6 Å². The molecule has 202 valence electrons. The first kappa shape index (κ1) is 28.8. The van der Waals surface area contributed by atoms with Gasteiger partial charge in [-0.1, -0.05) is 36.4 Å². The lowest BCUT2D eigenvalue weighted by molar-refractivity contribution is 0.0204. The second kappa shape index (κ2) is 13.2. The number of rotatable bonds is 10. The molecular formula is C30H42FN3O3. The van der Waals surface area contributed by atoms with Crippen LogP contribution in [-0.2, 0) is 17.8 Å². The number of likely N-dealkylation sites (N-methyl/N-ethyl adjacent to an activating group) is 1. The van der Waals surface area contributed by atoms with Gasteiger partial charge in [-0.2, -0.15) is 0 Å². The minimum absolute atomic E-state index is 0.269. The van der Waals surface area contributed by atoms with Gasteiger partial charge in [0.2, 0.25) is 0 Å². The third kappa shape index (κ3) is 8.95. The first-order valence-electron chi connectivity index (χ1n) is 13.1. The lowest BCUT2D eigenvalue weighted by Gasteiger charge is -2.34. The minimum atomic E-state index is -0.631. The molecule has 0 saturated carbocycles. The highest BCUT2D eigenvalue weighted by Crippen LogP contribution is 2.30. The van der Waals surface area contributed by atoms with Crippen LogP contribution in [0.15, 0.2) is 55.1 Å². The lowest BCUT2D eigenvalue weighted by Crippen LogP contribution is -2.44. The summed E-state index contributed by atoms with van der Waals surface area (Å²) < 4.78 is 19.4. The molecule has 3 rings (SSSR count). The Hall–Kier alpha value is -2.74. The van der Waals surface area contributed by atoms with Crippen LogP contribution in [0, 0.1) is 5.82 Å². The van der Waals surface area contributed by atoms with Gasteiger partial charge in [0.15, 0.2) is 0 Å². The SMILES string of the molecule is C=CCC(O)CCN(Cc1cccc(-c2ccc(F)cc2)c1CN1CCN(C)CC1)C(=O)OC(C)(C)C. The van der Waals surface area contributed by atoms with Gasteiger partial charge < -0.3 is 19.6 Å². The number of amides is 1. The smallest absolute Gasteiger partial charge is 0.410 e. The van der Waals surface area contributed by atoms with Crippen LogP contribution < -0.4 is 0 Å². The Balaban J connectivity index is 1.95. The number of ether oxygens (including phenoxy) is 1. The average Bonchev–Trinajstić information content (AvgIpc) is 2.83. The molecule has 1 atom stereocenters. The molecule has 0 bridgehead atoms. The number of benzene rings is 2. The molecule has 0 radical (unpaired) electrons. The second-order valence-electron chi connectivity index (χ2n) is 10.9.